The monoisotopic (exact) mass is 294 g/mol. The zero-order valence-corrected chi connectivity index (χ0v) is 7.15. The van der Waals surface area contributed by atoms with Crippen molar-refractivity contribution in [2.45, 2.75) is 6.92 Å². The predicted molar refractivity (Wildman–Crippen MR) is 17.8 cm³/mol. The molecule has 0 unspecified atom stereocenters. The molecule has 0 fully saturated rings. The number of carbonyl (C=O) groups excluding carboxylic acids is 1. The average molecular weight is 294 g/mol. The quantitative estimate of drug-likeness (QED) is 0.592. The minimum absolute atomic E-state index is 0. The molecular weight excluding hydrogens is 289 g/mol. The zero-order valence-electron chi connectivity index (χ0n) is 3.99. The molecule has 3 heteroatoms. The predicted octanol–water partition coefficient (Wildman–Crippen LogP) is -0.566. The fraction of sp³-hybridized carbons (Fsp3) is 0.500. The number of hydrogen-bond acceptors (Lipinski definition) is 1. The first-order chi connectivity index (χ1) is 2.27. The minimum atomic E-state index is -0.204. The van der Waals surface area contributed by atoms with E-state index in [9.17, 15) is 4.79 Å². The van der Waals surface area contributed by atoms with E-state index in [1.54, 1.807) is 0 Å². The zero-order chi connectivity index (χ0) is 4.28. The van der Waals surface area contributed by atoms with Gasteiger partial charge in [0.25, 0.3) is 0 Å². The molecule has 25 valence electrons. The van der Waals surface area contributed by atoms with E-state index in [1.165, 1.54) is 6.92 Å². The van der Waals surface area contributed by atoms with E-state index in [-0.39, 0.29) is 36.8 Å². The molecule has 0 atom stereocenters. The molecule has 0 aliphatic rings. The van der Waals surface area contributed by atoms with Crippen LogP contribution in [0.1, 0.15) is 6.92 Å². The van der Waals surface area contributed by atoms with Crippen LogP contribution in [0.4, 0.5) is 0 Å². The van der Waals surface area contributed by atoms with Gasteiger partial charge in [-0.05, 0) is 8.26 Å². The Kier molecular flexibility index (Phi) is 5.54. The van der Waals surface area contributed by atoms with Crippen molar-refractivity contribution in [1.29, 1.82) is 1.34 Å². The second kappa shape index (κ2) is 4.79. The smallest absolute Gasteiger partial charge is 0.180 e. The third-order valence-corrected chi connectivity index (χ3v) is 0. The van der Waals surface area contributed by atoms with Crippen LogP contribution in [0.2, 0.25) is 0 Å². The number of carbonyl (C=O) groups is 1. The molecule has 0 rings (SSSR count). The molecule has 5 heavy (non-hydrogen) atoms. The van der Waals surface area contributed by atoms with Gasteiger partial charge in [0, 0.05) is 31.1 Å². The van der Waals surface area contributed by atoms with Crippen LogP contribution in [-0.4, -0.2) is 14.8 Å². The fourth-order valence-electron chi connectivity index (χ4n) is 0. The van der Waals surface area contributed by atoms with E-state index in [0.717, 1.165) is 7.81 Å². The molecule has 0 saturated heterocycles. The first kappa shape index (κ1) is 5.79. The summed E-state index contributed by atoms with van der Waals surface area (Å²) < 4.78 is 6.18. The van der Waals surface area contributed by atoms with Gasteiger partial charge in [-0.25, -0.2) is 0 Å². The third kappa shape index (κ3) is 60.0. The van der Waals surface area contributed by atoms with Crippen LogP contribution in [0.25, 0.3) is 0 Å². The molecule has 0 saturated carbocycles. The molecular formula is C2H4BOU. The van der Waals surface area contributed by atoms with Crippen molar-refractivity contribution in [3.05, 3.63) is 0 Å². The maximum atomic E-state index is 9.57. The van der Waals surface area contributed by atoms with Crippen LogP contribution in [0.3, 0.4) is 0 Å². The van der Waals surface area contributed by atoms with Crippen LogP contribution < -0.4 is 0 Å². The number of hydrogen-bond donors (Lipinski definition) is 0. The van der Waals surface area contributed by atoms with Crippen molar-refractivity contribution in [2.24, 2.45) is 0 Å². The minimum Gasteiger partial charge on any atom is -0.313 e. The summed E-state index contributed by atoms with van der Waals surface area (Å²) in [7, 11) is 0.778. The topological polar surface area (TPSA) is 17.1 Å². The summed E-state index contributed by atoms with van der Waals surface area (Å²) in [5.41, 5.74) is -0.204. The molecule has 0 amide bonds. The van der Waals surface area contributed by atoms with E-state index < -0.39 is 0 Å². The Bertz CT molecular complexity index is 48.8. The van der Waals surface area contributed by atoms with E-state index >= 15 is 0 Å². The second-order valence-corrected chi connectivity index (χ2v) is 0.611. The fourth-order valence-corrected chi connectivity index (χ4v) is 0. The molecule has 0 aromatic carbocycles. The van der Waals surface area contributed by atoms with E-state index in [2.05, 4.69) is 0 Å². The SMILES string of the molecule is [2H][B]C(C)=O.[U]. The van der Waals surface area contributed by atoms with Gasteiger partial charge in [-0.1, -0.05) is 0 Å². The Hall–Kier alpha value is 0.787. The number of rotatable bonds is 1. The summed E-state index contributed by atoms with van der Waals surface area (Å²) >= 11 is 0. The van der Waals surface area contributed by atoms with E-state index in [0.29, 0.717) is 0 Å². The summed E-state index contributed by atoms with van der Waals surface area (Å²) in [6.45, 7) is 1.34. The standard InChI is InChI=1S/C2H4BO.U/c1-2(3)4;/h3H,1H3;/i3D;. The van der Waals surface area contributed by atoms with Gasteiger partial charge in [0.05, 0.1) is 5.68 Å². The van der Waals surface area contributed by atoms with Crippen molar-refractivity contribution < 1.29 is 35.9 Å². The summed E-state index contributed by atoms with van der Waals surface area (Å²) in [4.78, 5) is 9.57. The van der Waals surface area contributed by atoms with Crippen LogP contribution >= 0.6 is 0 Å². The molecule has 1 nitrogen and oxygen atoms in total. The Morgan fingerprint density at radius 2 is 2.40 bits per heavy atom. The van der Waals surface area contributed by atoms with E-state index in [4.69, 9.17) is 1.34 Å². The second-order valence-electron chi connectivity index (χ2n) is 0.611. The third-order valence-electron chi connectivity index (χ3n) is 0. The summed E-state index contributed by atoms with van der Waals surface area (Å²) in [5.74, 6) is 0. The van der Waals surface area contributed by atoms with Gasteiger partial charge in [0.15, 0.2) is 7.81 Å². The first-order valence-electron chi connectivity index (χ1n) is 1.57. The molecule has 0 spiro atoms. The Morgan fingerprint density at radius 1 is 2.20 bits per heavy atom. The average Bonchev–Trinajstić information content (AvgIpc) is 1.38. The van der Waals surface area contributed by atoms with Gasteiger partial charge in [-0.15, -0.1) is 0 Å². The van der Waals surface area contributed by atoms with Crippen molar-refractivity contribution in [3.63, 3.8) is 0 Å². The van der Waals surface area contributed by atoms with Crippen molar-refractivity contribution in [3.8, 4) is 0 Å². The van der Waals surface area contributed by atoms with Crippen LogP contribution in [0.15, 0.2) is 0 Å². The van der Waals surface area contributed by atoms with Gasteiger partial charge < -0.3 is 4.79 Å². The molecule has 0 aliphatic carbocycles. The van der Waals surface area contributed by atoms with Crippen LogP contribution in [0, 0.1) is 31.1 Å². The first-order valence-corrected chi connectivity index (χ1v) is 0.993. The summed E-state index contributed by atoms with van der Waals surface area (Å²) in [6.07, 6.45) is 0. The largest absolute Gasteiger partial charge is 0.313 e. The van der Waals surface area contributed by atoms with Gasteiger partial charge in [-0.3, -0.25) is 0 Å². The molecule has 0 aromatic rings. The van der Waals surface area contributed by atoms with Crippen molar-refractivity contribution >= 4 is 13.5 Å². The van der Waals surface area contributed by atoms with Gasteiger partial charge in [-0.2, -0.15) is 0 Å². The molecule has 0 aliphatic heterocycles. The van der Waals surface area contributed by atoms with Gasteiger partial charge in [0.1, 0.15) is 0 Å². The van der Waals surface area contributed by atoms with Crippen molar-refractivity contribution in [1.82, 2.24) is 0 Å². The van der Waals surface area contributed by atoms with Crippen LogP contribution in [0.5, 0.6) is 0 Å². The molecule has 0 bridgehead atoms. The maximum absolute atomic E-state index is 9.57. The Labute approximate surface area is 57.7 Å². The van der Waals surface area contributed by atoms with Crippen molar-refractivity contribution in [2.75, 3.05) is 0 Å². The normalized spacial score (nSPS) is 7.00. The maximum Gasteiger partial charge on any atom is 0.180 e. The molecule has 0 heterocycles. The molecule has 0 N–H and O–H groups in total. The van der Waals surface area contributed by atoms with Crippen LogP contribution in [-0.2, 0) is 4.79 Å². The van der Waals surface area contributed by atoms with Gasteiger partial charge in [0.2, 0.25) is 0 Å². The molecule has 1 radical (unpaired) electrons. The van der Waals surface area contributed by atoms with E-state index in [1.807, 2.05) is 0 Å². The Morgan fingerprint density at radius 3 is 2.40 bits per heavy atom. The summed E-state index contributed by atoms with van der Waals surface area (Å²) in [5, 5.41) is 0. The Balaban J connectivity index is 0. The van der Waals surface area contributed by atoms with Gasteiger partial charge >= 0.3 is 0 Å². The molecule has 0 aromatic heterocycles. The summed E-state index contributed by atoms with van der Waals surface area (Å²) in [6, 6.07) is 0.